The Kier molecular flexibility index (Phi) is 3.41. The third kappa shape index (κ3) is 2.70. The molecular formula is C9H13N3O2. The van der Waals surface area contributed by atoms with Gasteiger partial charge in [0.2, 0.25) is 5.91 Å². The summed E-state index contributed by atoms with van der Waals surface area (Å²) in [4.78, 5) is 22.3. The Morgan fingerprint density at radius 3 is 2.86 bits per heavy atom. The van der Waals surface area contributed by atoms with Crippen LogP contribution in [0.15, 0.2) is 23.1 Å². The molecule has 0 spiro atoms. The van der Waals surface area contributed by atoms with Gasteiger partial charge in [0.25, 0.3) is 5.56 Å². The minimum atomic E-state index is -0.166. The van der Waals surface area contributed by atoms with Gasteiger partial charge in [-0.1, -0.05) is 0 Å². The van der Waals surface area contributed by atoms with Crippen LogP contribution in [0.5, 0.6) is 0 Å². The number of pyridine rings is 1. The molecule has 0 aromatic carbocycles. The minimum Gasteiger partial charge on any atom is -0.325 e. The third-order valence-electron chi connectivity index (χ3n) is 1.73. The average molecular weight is 195 g/mol. The number of carbonyl (C=O) groups is 1. The first-order valence-electron chi connectivity index (χ1n) is 4.24. The molecule has 1 aromatic rings. The summed E-state index contributed by atoms with van der Waals surface area (Å²) >= 11 is 0. The van der Waals surface area contributed by atoms with Crippen molar-refractivity contribution < 1.29 is 4.79 Å². The van der Waals surface area contributed by atoms with Gasteiger partial charge in [0, 0.05) is 25.0 Å². The molecule has 1 amide bonds. The van der Waals surface area contributed by atoms with E-state index in [0.717, 1.165) is 0 Å². The number of rotatable bonds is 3. The van der Waals surface area contributed by atoms with Crippen molar-refractivity contribution in [2.45, 2.75) is 0 Å². The standard InChI is InChI=1S/C9H13N3O2/c1-10-6-8(13)11-7-3-4-12(2)9(14)5-7/h3-5,10H,6H2,1-2H3,(H,11,13). The minimum absolute atomic E-state index is 0.146. The van der Waals surface area contributed by atoms with E-state index < -0.39 is 0 Å². The summed E-state index contributed by atoms with van der Waals surface area (Å²) in [6.07, 6.45) is 1.61. The first-order valence-corrected chi connectivity index (χ1v) is 4.24. The van der Waals surface area contributed by atoms with Crippen LogP contribution in [0.2, 0.25) is 0 Å². The molecule has 0 radical (unpaired) electrons. The number of aromatic nitrogens is 1. The Balaban J connectivity index is 2.73. The summed E-state index contributed by atoms with van der Waals surface area (Å²) in [7, 11) is 3.34. The lowest BCUT2D eigenvalue weighted by Gasteiger charge is -2.04. The molecule has 5 nitrogen and oxygen atoms in total. The smallest absolute Gasteiger partial charge is 0.252 e. The molecular weight excluding hydrogens is 182 g/mol. The summed E-state index contributed by atoms with van der Waals surface area (Å²) < 4.78 is 1.44. The van der Waals surface area contributed by atoms with E-state index in [0.29, 0.717) is 5.69 Å². The Morgan fingerprint density at radius 1 is 1.57 bits per heavy atom. The predicted octanol–water partition coefficient (Wildman–Crippen LogP) is -0.457. The Labute approximate surface area is 81.7 Å². The van der Waals surface area contributed by atoms with Gasteiger partial charge in [0.1, 0.15) is 0 Å². The highest BCUT2D eigenvalue weighted by atomic mass is 16.2. The van der Waals surface area contributed by atoms with Crippen molar-refractivity contribution >= 4 is 11.6 Å². The van der Waals surface area contributed by atoms with Crippen LogP contribution in [-0.4, -0.2) is 24.1 Å². The molecule has 5 heteroatoms. The zero-order chi connectivity index (χ0) is 10.6. The maximum atomic E-state index is 11.2. The van der Waals surface area contributed by atoms with Crippen LogP contribution in [0, 0.1) is 0 Å². The first kappa shape index (κ1) is 10.5. The van der Waals surface area contributed by atoms with E-state index >= 15 is 0 Å². The van der Waals surface area contributed by atoms with Crippen molar-refractivity contribution in [3.63, 3.8) is 0 Å². The van der Waals surface area contributed by atoms with Crippen LogP contribution in [0.4, 0.5) is 5.69 Å². The van der Waals surface area contributed by atoms with E-state index in [4.69, 9.17) is 0 Å². The van der Waals surface area contributed by atoms with Gasteiger partial charge in [-0.2, -0.15) is 0 Å². The van der Waals surface area contributed by atoms with E-state index in [2.05, 4.69) is 10.6 Å². The van der Waals surface area contributed by atoms with E-state index in [9.17, 15) is 9.59 Å². The van der Waals surface area contributed by atoms with Gasteiger partial charge in [-0.25, -0.2) is 0 Å². The van der Waals surface area contributed by atoms with E-state index in [1.807, 2.05) is 0 Å². The molecule has 76 valence electrons. The third-order valence-corrected chi connectivity index (χ3v) is 1.73. The zero-order valence-electron chi connectivity index (χ0n) is 8.20. The van der Waals surface area contributed by atoms with Crippen LogP contribution in [0.3, 0.4) is 0 Å². The number of carbonyl (C=O) groups excluding carboxylic acids is 1. The molecule has 0 aliphatic rings. The molecule has 0 bridgehead atoms. The number of hydrogen-bond donors (Lipinski definition) is 2. The van der Waals surface area contributed by atoms with Crippen LogP contribution in [0.25, 0.3) is 0 Å². The highest BCUT2D eigenvalue weighted by molar-refractivity contribution is 5.92. The maximum Gasteiger partial charge on any atom is 0.252 e. The second-order valence-electron chi connectivity index (χ2n) is 2.94. The molecule has 0 atom stereocenters. The molecule has 1 heterocycles. The van der Waals surface area contributed by atoms with Crippen LogP contribution in [-0.2, 0) is 11.8 Å². The van der Waals surface area contributed by atoms with Crippen molar-refractivity contribution in [3.05, 3.63) is 28.7 Å². The molecule has 0 unspecified atom stereocenters. The van der Waals surface area contributed by atoms with Gasteiger partial charge in [0.05, 0.1) is 6.54 Å². The SMILES string of the molecule is CNCC(=O)Nc1ccn(C)c(=O)c1. The summed E-state index contributed by atoms with van der Waals surface area (Å²) in [6, 6.07) is 3.06. The van der Waals surface area contributed by atoms with E-state index in [-0.39, 0.29) is 18.0 Å². The number of amides is 1. The van der Waals surface area contributed by atoms with Crippen molar-refractivity contribution in [2.24, 2.45) is 7.05 Å². The second-order valence-corrected chi connectivity index (χ2v) is 2.94. The zero-order valence-corrected chi connectivity index (χ0v) is 8.20. The van der Waals surface area contributed by atoms with Crippen LogP contribution >= 0.6 is 0 Å². The van der Waals surface area contributed by atoms with Gasteiger partial charge < -0.3 is 15.2 Å². The Bertz CT molecular complexity index is 384. The van der Waals surface area contributed by atoms with Crippen molar-refractivity contribution in [2.75, 3.05) is 18.9 Å². The van der Waals surface area contributed by atoms with E-state index in [1.54, 1.807) is 26.4 Å². The lowest BCUT2D eigenvalue weighted by molar-refractivity contribution is -0.115. The van der Waals surface area contributed by atoms with Gasteiger partial charge in [-0.15, -0.1) is 0 Å². The van der Waals surface area contributed by atoms with Crippen molar-refractivity contribution in [1.82, 2.24) is 9.88 Å². The van der Waals surface area contributed by atoms with E-state index in [1.165, 1.54) is 10.6 Å². The molecule has 0 aliphatic carbocycles. The fourth-order valence-electron chi connectivity index (χ4n) is 0.992. The molecule has 2 N–H and O–H groups in total. The summed E-state index contributed by atoms with van der Waals surface area (Å²) in [5, 5.41) is 5.31. The maximum absolute atomic E-state index is 11.2. The van der Waals surface area contributed by atoms with Crippen LogP contribution in [0.1, 0.15) is 0 Å². The topological polar surface area (TPSA) is 63.1 Å². The molecule has 0 saturated heterocycles. The molecule has 1 rings (SSSR count). The summed E-state index contributed by atoms with van der Waals surface area (Å²) in [5.41, 5.74) is 0.376. The molecule has 14 heavy (non-hydrogen) atoms. The highest BCUT2D eigenvalue weighted by Crippen LogP contribution is 2.00. The number of anilines is 1. The number of aryl methyl sites for hydroxylation is 1. The van der Waals surface area contributed by atoms with Gasteiger partial charge in [0.15, 0.2) is 0 Å². The second kappa shape index (κ2) is 4.57. The normalized spacial score (nSPS) is 9.86. The van der Waals surface area contributed by atoms with Gasteiger partial charge in [-0.05, 0) is 13.1 Å². The lowest BCUT2D eigenvalue weighted by Crippen LogP contribution is -2.26. The van der Waals surface area contributed by atoms with Crippen molar-refractivity contribution in [3.8, 4) is 0 Å². The summed E-state index contributed by atoms with van der Waals surface area (Å²) in [6.45, 7) is 0.231. The largest absolute Gasteiger partial charge is 0.325 e. The monoisotopic (exact) mass is 195 g/mol. The summed E-state index contributed by atoms with van der Waals surface area (Å²) in [5.74, 6) is -0.166. The quantitative estimate of drug-likeness (QED) is 0.686. The number of nitrogens with zero attached hydrogens (tertiary/aromatic N) is 1. The lowest BCUT2D eigenvalue weighted by atomic mass is 10.4. The number of hydrogen-bond acceptors (Lipinski definition) is 3. The fraction of sp³-hybridized carbons (Fsp3) is 0.333. The fourth-order valence-corrected chi connectivity index (χ4v) is 0.992. The van der Waals surface area contributed by atoms with Crippen molar-refractivity contribution in [1.29, 1.82) is 0 Å². The van der Waals surface area contributed by atoms with Gasteiger partial charge >= 0.3 is 0 Å². The van der Waals surface area contributed by atoms with Crippen LogP contribution < -0.4 is 16.2 Å². The first-order chi connectivity index (χ1) is 6.63. The Morgan fingerprint density at radius 2 is 2.29 bits per heavy atom. The predicted molar refractivity (Wildman–Crippen MR) is 54.2 cm³/mol. The molecule has 1 aromatic heterocycles. The number of nitrogens with one attached hydrogen (secondary N) is 2. The molecule has 0 aliphatic heterocycles. The molecule has 0 fully saturated rings. The molecule has 0 saturated carbocycles. The number of likely N-dealkylation sites (N-methyl/N-ethyl adjacent to an activating group) is 1. The Hall–Kier alpha value is -1.62. The highest BCUT2D eigenvalue weighted by Gasteiger charge is 2.00. The van der Waals surface area contributed by atoms with Gasteiger partial charge in [-0.3, -0.25) is 9.59 Å². The average Bonchev–Trinajstić information content (AvgIpc) is 2.12.